The predicted octanol–water partition coefficient (Wildman–Crippen LogP) is 3.29. The minimum Gasteiger partial charge on any atom is -0.497 e. The van der Waals surface area contributed by atoms with Crippen molar-refractivity contribution in [1.29, 1.82) is 0 Å². The molecule has 0 aromatic heterocycles. The number of nitrogens with one attached hydrogen (secondary N) is 1. The lowest BCUT2D eigenvalue weighted by atomic mass is 9.65. The molecule has 2 rings (SSSR count). The van der Waals surface area contributed by atoms with Crippen molar-refractivity contribution in [2.24, 2.45) is 17.2 Å². The van der Waals surface area contributed by atoms with Crippen LogP contribution in [0, 0.1) is 11.3 Å². The highest BCUT2D eigenvalue weighted by Crippen LogP contribution is 2.42. The van der Waals surface area contributed by atoms with Crippen molar-refractivity contribution in [3.63, 3.8) is 0 Å². The van der Waals surface area contributed by atoms with Crippen molar-refractivity contribution in [2.45, 2.75) is 52.0 Å². The van der Waals surface area contributed by atoms with E-state index in [-0.39, 0.29) is 0 Å². The van der Waals surface area contributed by atoms with Crippen LogP contribution in [0.15, 0.2) is 24.3 Å². The van der Waals surface area contributed by atoms with E-state index >= 15 is 0 Å². The molecule has 0 heterocycles. The second-order valence-electron chi connectivity index (χ2n) is 6.67. The van der Waals surface area contributed by atoms with Crippen molar-refractivity contribution < 1.29 is 4.74 Å². The minimum absolute atomic E-state index is 0.331. The molecule has 0 radical (unpaired) electrons. The summed E-state index contributed by atoms with van der Waals surface area (Å²) in [4.78, 5) is 0. The topological polar surface area (TPSA) is 47.3 Å². The lowest BCUT2D eigenvalue weighted by molar-refractivity contribution is 0.0981. The monoisotopic (exact) mass is 276 g/mol. The van der Waals surface area contributed by atoms with Gasteiger partial charge < -0.3 is 4.74 Å². The lowest BCUT2D eigenvalue weighted by Gasteiger charge is -2.43. The summed E-state index contributed by atoms with van der Waals surface area (Å²) in [5.74, 6) is 7.41. The van der Waals surface area contributed by atoms with Crippen LogP contribution in [0.3, 0.4) is 0 Å². The molecule has 1 aromatic rings. The third kappa shape index (κ3) is 3.53. The zero-order valence-corrected chi connectivity index (χ0v) is 13.0. The Labute approximate surface area is 122 Å². The normalized spacial score (nSPS) is 23.3. The molecular formula is C17H28N2O. The summed E-state index contributed by atoms with van der Waals surface area (Å²) in [6, 6.07) is 8.63. The fourth-order valence-electron chi connectivity index (χ4n) is 3.64. The molecule has 20 heavy (non-hydrogen) atoms. The summed E-state index contributed by atoms with van der Waals surface area (Å²) in [5.41, 5.74) is 4.73. The van der Waals surface area contributed by atoms with Gasteiger partial charge in [-0.1, -0.05) is 38.8 Å². The third-order valence-corrected chi connectivity index (χ3v) is 4.88. The van der Waals surface area contributed by atoms with Crippen LogP contribution >= 0.6 is 0 Å². The number of benzene rings is 1. The largest absolute Gasteiger partial charge is 0.497 e. The Morgan fingerprint density at radius 2 is 2.20 bits per heavy atom. The predicted molar refractivity (Wildman–Crippen MR) is 83.5 cm³/mol. The van der Waals surface area contributed by atoms with Gasteiger partial charge in [-0.3, -0.25) is 11.3 Å². The summed E-state index contributed by atoms with van der Waals surface area (Å²) in [7, 11) is 1.71. The summed E-state index contributed by atoms with van der Waals surface area (Å²) in [6.45, 7) is 4.76. The van der Waals surface area contributed by atoms with Crippen LogP contribution in [-0.4, -0.2) is 13.2 Å². The first kappa shape index (κ1) is 15.3. The van der Waals surface area contributed by atoms with Gasteiger partial charge >= 0.3 is 0 Å². The van der Waals surface area contributed by atoms with E-state index in [0.717, 1.165) is 12.2 Å². The van der Waals surface area contributed by atoms with Gasteiger partial charge in [0.2, 0.25) is 0 Å². The number of hydrogen-bond acceptors (Lipinski definition) is 3. The molecule has 3 heteroatoms. The minimum atomic E-state index is 0.331. The standard InChI is InChI=1S/C17H28N2O/c1-17(2)10-5-4-9-15(17)16(19-18)12-13-7-6-8-14(11-13)20-3/h6-8,11,15-16,19H,4-5,9-10,12,18H2,1-3H3. The number of ether oxygens (including phenoxy) is 1. The quantitative estimate of drug-likeness (QED) is 0.641. The lowest BCUT2D eigenvalue weighted by Crippen LogP contribution is -2.48. The molecule has 1 fully saturated rings. The van der Waals surface area contributed by atoms with Crippen molar-refractivity contribution in [3.8, 4) is 5.75 Å². The fourth-order valence-corrected chi connectivity index (χ4v) is 3.64. The highest BCUT2D eigenvalue weighted by molar-refractivity contribution is 5.29. The van der Waals surface area contributed by atoms with E-state index in [1.54, 1.807) is 7.11 Å². The van der Waals surface area contributed by atoms with Gasteiger partial charge in [0.05, 0.1) is 7.11 Å². The molecule has 1 aromatic carbocycles. The Morgan fingerprint density at radius 3 is 2.85 bits per heavy atom. The molecule has 3 N–H and O–H groups in total. The summed E-state index contributed by atoms with van der Waals surface area (Å²) in [6.07, 6.45) is 6.20. The molecule has 0 saturated heterocycles. The van der Waals surface area contributed by atoms with Gasteiger partial charge in [0, 0.05) is 6.04 Å². The van der Waals surface area contributed by atoms with E-state index < -0.39 is 0 Å². The molecule has 0 spiro atoms. The maximum absolute atomic E-state index is 5.86. The summed E-state index contributed by atoms with van der Waals surface area (Å²) >= 11 is 0. The second-order valence-corrected chi connectivity index (χ2v) is 6.67. The highest BCUT2D eigenvalue weighted by Gasteiger charge is 2.37. The van der Waals surface area contributed by atoms with Gasteiger partial charge in [-0.15, -0.1) is 0 Å². The first-order valence-electron chi connectivity index (χ1n) is 7.66. The molecule has 2 atom stereocenters. The van der Waals surface area contributed by atoms with Crippen LogP contribution < -0.4 is 16.0 Å². The van der Waals surface area contributed by atoms with Gasteiger partial charge in [-0.05, 0) is 48.3 Å². The summed E-state index contributed by atoms with van der Waals surface area (Å²) < 4.78 is 5.30. The van der Waals surface area contributed by atoms with Crippen LogP contribution in [0.25, 0.3) is 0 Å². The number of nitrogens with two attached hydrogens (primary N) is 1. The van der Waals surface area contributed by atoms with Gasteiger partial charge in [-0.2, -0.15) is 0 Å². The van der Waals surface area contributed by atoms with Crippen LogP contribution in [-0.2, 0) is 6.42 Å². The Bertz CT molecular complexity index is 431. The molecule has 1 saturated carbocycles. The van der Waals surface area contributed by atoms with Gasteiger partial charge in [0.25, 0.3) is 0 Å². The van der Waals surface area contributed by atoms with E-state index in [0.29, 0.717) is 17.4 Å². The van der Waals surface area contributed by atoms with Crippen molar-refractivity contribution >= 4 is 0 Å². The van der Waals surface area contributed by atoms with Gasteiger partial charge in [0.15, 0.2) is 0 Å². The average molecular weight is 276 g/mol. The smallest absolute Gasteiger partial charge is 0.119 e. The molecule has 1 aliphatic carbocycles. The number of rotatable bonds is 5. The average Bonchev–Trinajstić information content (AvgIpc) is 2.45. The van der Waals surface area contributed by atoms with E-state index in [1.165, 1.54) is 31.2 Å². The van der Waals surface area contributed by atoms with E-state index in [9.17, 15) is 0 Å². The van der Waals surface area contributed by atoms with Crippen LogP contribution in [0.5, 0.6) is 5.75 Å². The Hall–Kier alpha value is -1.06. The van der Waals surface area contributed by atoms with Gasteiger partial charge in [-0.25, -0.2) is 0 Å². The summed E-state index contributed by atoms with van der Waals surface area (Å²) in [5, 5.41) is 0. The maximum Gasteiger partial charge on any atom is 0.119 e. The molecule has 112 valence electrons. The molecule has 0 aliphatic heterocycles. The fraction of sp³-hybridized carbons (Fsp3) is 0.647. The van der Waals surface area contributed by atoms with E-state index in [1.807, 2.05) is 12.1 Å². The third-order valence-electron chi connectivity index (χ3n) is 4.88. The Kier molecular flexibility index (Phi) is 5.06. The number of methoxy groups -OCH3 is 1. The zero-order chi connectivity index (χ0) is 14.6. The molecule has 2 unspecified atom stereocenters. The van der Waals surface area contributed by atoms with Crippen LogP contribution in [0.1, 0.15) is 45.1 Å². The molecule has 0 amide bonds. The highest BCUT2D eigenvalue weighted by atomic mass is 16.5. The molecule has 1 aliphatic rings. The molecule has 0 bridgehead atoms. The molecular weight excluding hydrogens is 248 g/mol. The Morgan fingerprint density at radius 1 is 1.40 bits per heavy atom. The number of hydrazine groups is 1. The molecule has 3 nitrogen and oxygen atoms in total. The maximum atomic E-state index is 5.86. The SMILES string of the molecule is COc1cccc(CC(NN)C2CCCCC2(C)C)c1. The first-order chi connectivity index (χ1) is 9.56. The van der Waals surface area contributed by atoms with E-state index in [2.05, 4.69) is 31.4 Å². The van der Waals surface area contributed by atoms with Crippen molar-refractivity contribution in [2.75, 3.05) is 7.11 Å². The van der Waals surface area contributed by atoms with Crippen LogP contribution in [0.4, 0.5) is 0 Å². The van der Waals surface area contributed by atoms with E-state index in [4.69, 9.17) is 10.6 Å². The zero-order valence-electron chi connectivity index (χ0n) is 13.0. The Balaban J connectivity index is 2.11. The van der Waals surface area contributed by atoms with Gasteiger partial charge in [0.1, 0.15) is 5.75 Å². The second kappa shape index (κ2) is 6.59. The van der Waals surface area contributed by atoms with Crippen LogP contribution in [0.2, 0.25) is 0 Å². The first-order valence-corrected chi connectivity index (χ1v) is 7.66. The van der Waals surface area contributed by atoms with Crippen molar-refractivity contribution in [1.82, 2.24) is 5.43 Å². The van der Waals surface area contributed by atoms with Crippen molar-refractivity contribution in [3.05, 3.63) is 29.8 Å². The number of hydrogen-bond donors (Lipinski definition) is 2.